The summed E-state index contributed by atoms with van der Waals surface area (Å²) in [6, 6.07) is 8.82. The van der Waals surface area contributed by atoms with Crippen LogP contribution in [-0.4, -0.2) is 35.0 Å². The van der Waals surface area contributed by atoms with Gasteiger partial charge in [0.2, 0.25) is 5.91 Å². The monoisotopic (exact) mass is 294 g/mol. The van der Waals surface area contributed by atoms with Gasteiger partial charge in [0, 0.05) is 17.1 Å². The second kappa shape index (κ2) is 4.42. The van der Waals surface area contributed by atoms with E-state index in [2.05, 4.69) is 33.0 Å². The van der Waals surface area contributed by atoms with Crippen LogP contribution >= 0.6 is 15.9 Å². The molecule has 0 N–H and O–H groups in total. The smallest absolute Gasteiger partial charge is 0.238 e. The van der Waals surface area contributed by atoms with Crippen molar-refractivity contribution < 1.29 is 4.79 Å². The Hall–Kier alpha value is -0.870. The topological polar surface area (TPSA) is 23.6 Å². The molecular formula is C13H15BrN2O. The van der Waals surface area contributed by atoms with E-state index in [1.165, 1.54) is 18.4 Å². The molecule has 1 amide bonds. The van der Waals surface area contributed by atoms with Crippen LogP contribution in [0.5, 0.6) is 0 Å². The van der Waals surface area contributed by atoms with Gasteiger partial charge in [0.25, 0.3) is 0 Å². The summed E-state index contributed by atoms with van der Waals surface area (Å²) in [6.45, 7) is 2.23. The molecule has 1 saturated heterocycles. The van der Waals surface area contributed by atoms with Crippen LogP contribution in [0, 0.1) is 0 Å². The molecule has 1 heterocycles. The summed E-state index contributed by atoms with van der Waals surface area (Å²) in [4.78, 5) is 16.0. The molecule has 1 aliphatic carbocycles. The number of benzene rings is 1. The van der Waals surface area contributed by atoms with Gasteiger partial charge in [-0.3, -0.25) is 9.69 Å². The third-order valence-electron chi connectivity index (χ3n) is 3.31. The molecule has 0 aromatic heterocycles. The standard InChI is InChI=1S/C13H15BrN2O/c14-11-3-1-2-10(6-11)7-15-8-13(17)16(9-15)12-4-5-12/h1-3,6,12H,4-5,7-9H2. The molecule has 0 unspecified atom stereocenters. The fourth-order valence-corrected chi connectivity index (χ4v) is 2.78. The summed E-state index contributed by atoms with van der Waals surface area (Å²) in [5, 5.41) is 0. The Morgan fingerprint density at radius 2 is 2.18 bits per heavy atom. The summed E-state index contributed by atoms with van der Waals surface area (Å²) in [5.41, 5.74) is 1.25. The van der Waals surface area contributed by atoms with E-state index < -0.39 is 0 Å². The largest absolute Gasteiger partial charge is 0.326 e. The van der Waals surface area contributed by atoms with E-state index in [-0.39, 0.29) is 0 Å². The Bertz CT molecular complexity index is 445. The molecule has 1 aliphatic heterocycles. The van der Waals surface area contributed by atoms with E-state index >= 15 is 0 Å². The lowest BCUT2D eigenvalue weighted by atomic mass is 10.2. The summed E-state index contributed by atoms with van der Waals surface area (Å²) in [5.74, 6) is 0.294. The molecule has 2 fully saturated rings. The molecule has 17 heavy (non-hydrogen) atoms. The van der Waals surface area contributed by atoms with Crippen molar-refractivity contribution in [1.29, 1.82) is 0 Å². The first kappa shape index (κ1) is 11.2. The van der Waals surface area contributed by atoms with Crippen molar-refractivity contribution in [3.05, 3.63) is 34.3 Å². The number of carbonyl (C=O) groups is 1. The highest BCUT2D eigenvalue weighted by Crippen LogP contribution is 2.29. The number of amides is 1. The number of carbonyl (C=O) groups excluding carboxylic acids is 1. The average Bonchev–Trinajstić information content (AvgIpc) is 3.04. The van der Waals surface area contributed by atoms with Gasteiger partial charge < -0.3 is 4.90 Å². The minimum absolute atomic E-state index is 0.294. The van der Waals surface area contributed by atoms with Crippen LogP contribution < -0.4 is 0 Å². The molecule has 1 aromatic rings. The molecule has 3 rings (SSSR count). The Labute approximate surface area is 110 Å². The molecule has 0 atom stereocenters. The van der Waals surface area contributed by atoms with E-state index in [0.717, 1.165) is 17.7 Å². The van der Waals surface area contributed by atoms with E-state index in [1.807, 2.05) is 17.0 Å². The van der Waals surface area contributed by atoms with Gasteiger partial charge in [0.1, 0.15) is 0 Å². The third-order valence-corrected chi connectivity index (χ3v) is 3.81. The number of nitrogens with zero attached hydrogens (tertiary/aromatic N) is 2. The van der Waals surface area contributed by atoms with Gasteiger partial charge >= 0.3 is 0 Å². The zero-order chi connectivity index (χ0) is 11.8. The Morgan fingerprint density at radius 1 is 1.35 bits per heavy atom. The molecule has 1 aromatic carbocycles. The summed E-state index contributed by atoms with van der Waals surface area (Å²) in [6.07, 6.45) is 2.38. The van der Waals surface area contributed by atoms with Crippen molar-refractivity contribution in [2.75, 3.05) is 13.2 Å². The minimum Gasteiger partial charge on any atom is -0.326 e. The quantitative estimate of drug-likeness (QED) is 0.853. The SMILES string of the molecule is O=C1CN(Cc2cccc(Br)c2)CN1C1CC1. The van der Waals surface area contributed by atoms with Crippen molar-refractivity contribution in [3.8, 4) is 0 Å². The molecule has 1 saturated carbocycles. The lowest BCUT2D eigenvalue weighted by Crippen LogP contribution is -2.29. The number of hydrogen-bond acceptors (Lipinski definition) is 2. The second-order valence-electron chi connectivity index (χ2n) is 4.85. The molecule has 90 valence electrons. The van der Waals surface area contributed by atoms with E-state index in [4.69, 9.17) is 0 Å². The van der Waals surface area contributed by atoms with Gasteiger partial charge in [0.05, 0.1) is 13.2 Å². The van der Waals surface area contributed by atoms with Crippen LogP contribution in [0.4, 0.5) is 0 Å². The first-order chi connectivity index (χ1) is 8.22. The van der Waals surface area contributed by atoms with Crippen LogP contribution in [0.2, 0.25) is 0 Å². The fraction of sp³-hybridized carbons (Fsp3) is 0.462. The molecular weight excluding hydrogens is 280 g/mol. The highest BCUT2D eigenvalue weighted by atomic mass is 79.9. The molecule has 4 heteroatoms. The van der Waals surface area contributed by atoms with Gasteiger partial charge in [0.15, 0.2) is 0 Å². The summed E-state index contributed by atoms with van der Waals surface area (Å²) < 4.78 is 1.10. The highest BCUT2D eigenvalue weighted by Gasteiger charge is 2.38. The average molecular weight is 295 g/mol. The molecule has 3 nitrogen and oxygen atoms in total. The van der Waals surface area contributed by atoms with Crippen molar-refractivity contribution in [2.24, 2.45) is 0 Å². The van der Waals surface area contributed by atoms with E-state index in [1.54, 1.807) is 0 Å². The summed E-state index contributed by atoms with van der Waals surface area (Å²) in [7, 11) is 0. The third kappa shape index (κ3) is 2.53. The highest BCUT2D eigenvalue weighted by molar-refractivity contribution is 9.10. The Balaban J connectivity index is 1.65. The predicted molar refractivity (Wildman–Crippen MR) is 69.3 cm³/mol. The van der Waals surface area contributed by atoms with Crippen LogP contribution in [-0.2, 0) is 11.3 Å². The molecule has 0 radical (unpaired) electrons. The summed E-state index contributed by atoms with van der Waals surface area (Å²) >= 11 is 3.47. The van der Waals surface area contributed by atoms with Crippen LogP contribution in [0.3, 0.4) is 0 Å². The maximum atomic E-state index is 11.8. The van der Waals surface area contributed by atoms with Gasteiger partial charge in [-0.05, 0) is 30.5 Å². The lowest BCUT2D eigenvalue weighted by molar-refractivity contribution is -0.127. The second-order valence-corrected chi connectivity index (χ2v) is 5.77. The minimum atomic E-state index is 0.294. The van der Waals surface area contributed by atoms with Crippen LogP contribution in [0.15, 0.2) is 28.7 Å². The Morgan fingerprint density at radius 3 is 2.88 bits per heavy atom. The van der Waals surface area contributed by atoms with Gasteiger partial charge in [-0.15, -0.1) is 0 Å². The van der Waals surface area contributed by atoms with Crippen molar-refractivity contribution >= 4 is 21.8 Å². The van der Waals surface area contributed by atoms with Crippen molar-refractivity contribution in [1.82, 2.24) is 9.80 Å². The lowest BCUT2D eigenvalue weighted by Gasteiger charge is -2.17. The maximum Gasteiger partial charge on any atom is 0.238 e. The van der Waals surface area contributed by atoms with Crippen LogP contribution in [0.25, 0.3) is 0 Å². The fourth-order valence-electron chi connectivity index (χ4n) is 2.33. The first-order valence-electron chi connectivity index (χ1n) is 5.98. The molecule has 0 spiro atoms. The molecule has 0 bridgehead atoms. The van der Waals surface area contributed by atoms with Crippen molar-refractivity contribution in [2.45, 2.75) is 25.4 Å². The number of rotatable bonds is 3. The Kier molecular flexibility index (Phi) is 2.92. The normalized spacial score (nSPS) is 21.2. The number of hydrogen-bond donors (Lipinski definition) is 0. The zero-order valence-electron chi connectivity index (χ0n) is 9.60. The van der Waals surface area contributed by atoms with Crippen molar-refractivity contribution in [3.63, 3.8) is 0 Å². The molecule has 2 aliphatic rings. The van der Waals surface area contributed by atoms with Gasteiger partial charge in [-0.1, -0.05) is 28.1 Å². The first-order valence-corrected chi connectivity index (χ1v) is 6.78. The maximum absolute atomic E-state index is 11.8. The van der Waals surface area contributed by atoms with Crippen LogP contribution in [0.1, 0.15) is 18.4 Å². The van der Waals surface area contributed by atoms with Gasteiger partial charge in [-0.25, -0.2) is 0 Å². The predicted octanol–water partition coefficient (Wildman–Crippen LogP) is 2.21. The van der Waals surface area contributed by atoms with Gasteiger partial charge in [-0.2, -0.15) is 0 Å². The number of halogens is 1. The van der Waals surface area contributed by atoms with E-state index in [0.29, 0.717) is 18.5 Å². The van der Waals surface area contributed by atoms with E-state index in [9.17, 15) is 4.79 Å². The zero-order valence-corrected chi connectivity index (χ0v) is 11.2.